The first-order chi connectivity index (χ1) is 7.18. The van der Waals surface area contributed by atoms with Crippen LogP contribution in [0.15, 0.2) is 39.5 Å². The Balaban J connectivity index is 2.34. The molecular weight excluding hydrogens is 270 g/mol. The normalized spacial score (nSPS) is 12.7. The fourth-order valence-electron chi connectivity index (χ4n) is 1.45. The van der Waals surface area contributed by atoms with Gasteiger partial charge in [0.25, 0.3) is 0 Å². The van der Waals surface area contributed by atoms with Gasteiger partial charge in [0, 0.05) is 4.47 Å². The van der Waals surface area contributed by atoms with Gasteiger partial charge < -0.3 is 5.73 Å². The fraction of sp³-hybridized carbons (Fsp3) is 0.167. The lowest BCUT2D eigenvalue weighted by Gasteiger charge is -2.11. The Morgan fingerprint density at radius 2 is 2.07 bits per heavy atom. The van der Waals surface area contributed by atoms with Crippen molar-refractivity contribution in [3.8, 4) is 0 Å². The minimum Gasteiger partial charge on any atom is -0.320 e. The van der Waals surface area contributed by atoms with Gasteiger partial charge in [-0.05, 0) is 46.5 Å². The molecule has 2 N–H and O–H groups in total. The van der Waals surface area contributed by atoms with Crippen LogP contribution in [0, 0.1) is 6.92 Å². The molecule has 2 aromatic rings. The summed E-state index contributed by atoms with van der Waals surface area (Å²) >= 11 is 5.20. The minimum atomic E-state index is -0.0202. The van der Waals surface area contributed by atoms with Crippen molar-refractivity contribution < 1.29 is 0 Å². The van der Waals surface area contributed by atoms with Crippen molar-refractivity contribution in [3.05, 3.63) is 56.2 Å². The second-order valence-corrected chi connectivity index (χ2v) is 5.18. The molecule has 0 radical (unpaired) electrons. The summed E-state index contributed by atoms with van der Waals surface area (Å²) in [6.45, 7) is 2.07. The molecule has 0 spiro atoms. The van der Waals surface area contributed by atoms with Crippen molar-refractivity contribution in [2.75, 3.05) is 0 Å². The summed E-state index contributed by atoms with van der Waals surface area (Å²) in [5, 5.41) is 4.15. The molecule has 0 amide bonds. The van der Waals surface area contributed by atoms with E-state index in [0.717, 1.165) is 10.0 Å². The summed E-state index contributed by atoms with van der Waals surface area (Å²) in [5.41, 5.74) is 9.72. The molecule has 0 saturated heterocycles. The largest absolute Gasteiger partial charge is 0.320 e. The quantitative estimate of drug-likeness (QED) is 0.889. The lowest BCUT2D eigenvalue weighted by molar-refractivity contribution is 0.875. The third-order valence-corrected chi connectivity index (χ3v) is 4.01. The second kappa shape index (κ2) is 4.47. The summed E-state index contributed by atoms with van der Waals surface area (Å²) < 4.78 is 1.12. The topological polar surface area (TPSA) is 26.0 Å². The second-order valence-electron chi connectivity index (χ2n) is 3.54. The number of hydrogen-bond donors (Lipinski definition) is 1. The van der Waals surface area contributed by atoms with E-state index in [4.69, 9.17) is 5.73 Å². The van der Waals surface area contributed by atoms with E-state index in [9.17, 15) is 0 Å². The SMILES string of the molecule is Cc1ccc([C@H](N)c2ccsc2)cc1Br. The number of aryl methyl sites for hydroxylation is 1. The third-order valence-electron chi connectivity index (χ3n) is 2.46. The monoisotopic (exact) mass is 281 g/mol. The van der Waals surface area contributed by atoms with Crippen LogP contribution in [0.2, 0.25) is 0 Å². The van der Waals surface area contributed by atoms with Crippen molar-refractivity contribution in [2.45, 2.75) is 13.0 Å². The van der Waals surface area contributed by atoms with Gasteiger partial charge in [0.05, 0.1) is 6.04 Å². The number of nitrogens with two attached hydrogens (primary N) is 1. The lowest BCUT2D eigenvalue weighted by atomic mass is 10.0. The summed E-state index contributed by atoms with van der Waals surface area (Å²) in [6, 6.07) is 8.32. The van der Waals surface area contributed by atoms with Crippen LogP contribution in [0.3, 0.4) is 0 Å². The third kappa shape index (κ3) is 2.30. The zero-order chi connectivity index (χ0) is 10.8. The van der Waals surface area contributed by atoms with E-state index in [0.29, 0.717) is 0 Å². The van der Waals surface area contributed by atoms with Crippen LogP contribution in [0.5, 0.6) is 0 Å². The van der Waals surface area contributed by atoms with Crippen LogP contribution < -0.4 is 5.73 Å². The number of halogens is 1. The Bertz CT molecular complexity index is 451. The molecule has 1 heterocycles. The van der Waals surface area contributed by atoms with Crippen LogP contribution >= 0.6 is 27.3 Å². The molecule has 0 aliphatic rings. The highest BCUT2D eigenvalue weighted by Gasteiger charge is 2.09. The van der Waals surface area contributed by atoms with Crippen LogP contribution in [0.1, 0.15) is 22.7 Å². The zero-order valence-electron chi connectivity index (χ0n) is 8.41. The average Bonchev–Trinajstić information content (AvgIpc) is 2.74. The molecule has 1 nitrogen and oxygen atoms in total. The first kappa shape index (κ1) is 10.9. The van der Waals surface area contributed by atoms with Gasteiger partial charge in [0.15, 0.2) is 0 Å². The van der Waals surface area contributed by atoms with Gasteiger partial charge in [0.1, 0.15) is 0 Å². The predicted octanol–water partition coefficient (Wildman–Crippen LogP) is 3.87. The first-order valence-electron chi connectivity index (χ1n) is 4.72. The molecule has 0 bridgehead atoms. The van der Waals surface area contributed by atoms with Gasteiger partial charge in [0.2, 0.25) is 0 Å². The number of thiophene rings is 1. The van der Waals surface area contributed by atoms with E-state index >= 15 is 0 Å². The van der Waals surface area contributed by atoms with E-state index in [1.807, 2.05) is 0 Å². The Labute approximate surface area is 102 Å². The van der Waals surface area contributed by atoms with Gasteiger partial charge in [-0.2, -0.15) is 11.3 Å². The Kier molecular flexibility index (Phi) is 3.24. The summed E-state index contributed by atoms with van der Waals surface area (Å²) in [6.07, 6.45) is 0. The van der Waals surface area contributed by atoms with E-state index in [1.54, 1.807) is 11.3 Å². The molecule has 3 heteroatoms. The van der Waals surface area contributed by atoms with Crippen LogP contribution in [0.25, 0.3) is 0 Å². The van der Waals surface area contributed by atoms with Crippen molar-refractivity contribution in [2.24, 2.45) is 5.73 Å². The molecule has 1 atom stereocenters. The van der Waals surface area contributed by atoms with Crippen LogP contribution in [-0.4, -0.2) is 0 Å². The highest BCUT2D eigenvalue weighted by atomic mass is 79.9. The number of benzene rings is 1. The maximum absolute atomic E-state index is 6.17. The zero-order valence-corrected chi connectivity index (χ0v) is 10.8. The molecule has 0 unspecified atom stereocenters. The predicted molar refractivity (Wildman–Crippen MR) is 69.2 cm³/mol. The minimum absolute atomic E-state index is 0.0202. The van der Waals surface area contributed by atoms with Crippen LogP contribution in [-0.2, 0) is 0 Å². The number of hydrogen-bond acceptors (Lipinski definition) is 2. The van der Waals surface area contributed by atoms with E-state index in [2.05, 4.69) is 57.9 Å². The maximum atomic E-state index is 6.17. The van der Waals surface area contributed by atoms with E-state index < -0.39 is 0 Å². The van der Waals surface area contributed by atoms with Crippen molar-refractivity contribution in [1.29, 1.82) is 0 Å². The fourth-order valence-corrected chi connectivity index (χ4v) is 2.54. The highest BCUT2D eigenvalue weighted by molar-refractivity contribution is 9.10. The smallest absolute Gasteiger partial charge is 0.0560 e. The summed E-state index contributed by atoms with van der Waals surface area (Å²) in [4.78, 5) is 0. The molecular formula is C12H12BrNS. The Hall–Kier alpha value is -0.640. The lowest BCUT2D eigenvalue weighted by Crippen LogP contribution is -2.10. The molecule has 0 saturated carbocycles. The molecule has 0 aliphatic heterocycles. The van der Waals surface area contributed by atoms with E-state index in [-0.39, 0.29) is 6.04 Å². The molecule has 1 aromatic heterocycles. The average molecular weight is 282 g/mol. The Morgan fingerprint density at radius 1 is 1.27 bits per heavy atom. The molecule has 15 heavy (non-hydrogen) atoms. The van der Waals surface area contributed by atoms with Gasteiger partial charge in [-0.25, -0.2) is 0 Å². The maximum Gasteiger partial charge on any atom is 0.0560 e. The molecule has 2 rings (SSSR count). The first-order valence-corrected chi connectivity index (χ1v) is 6.46. The molecule has 1 aromatic carbocycles. The molecule has 78 valence electrons. The van der Waals surface area contributed by atoms with Crippen molar-refractivity contribution in [1.82, 2.24) is 0 Å². The van der Waals surface area contributed by atoms with Gasteiger partial charge >= 0.3 is 0 Å². The van der Waals surface area contributed by atoms with Gasteiger partial charge in [-0.1, -0.05) is 28.1 Å². The molecule has 0 aliphatic carbocycles. The number of rotatable bonds is 2. The van der Waals surface area contributed by atoms with Gasteiger partial charge in [-0.15, -0.1) is 0 Å². The summed E-state index contributed by atoms with van der Waals surface area (Å²) in [5.74, 6) is 0. The van der Waals surface area contributed by atoms with Crippen molar-refractivity contribution in [3.63, 3.8) is 0 Å². The van der Waals surface area contributed by atoms with E-state index in [1.165, 1.54) is 11.1 Å². The highest BCUT2D eigenvalue weighted by Crippen LogP contribution is 2.25. The van der Waals surface area contributed by atoms with Crippen LogP contribution in [0.4, 0.5) is 0 Å². The standard InChI is InChI=1S/C12H12BrNS/c1-8-2-3-9(6-11(8)13)12(14)10-4-5-15-7-10/h2-7,12H,14H2,1H3/t12-/m0/s1. The summed E-state index contributed by atoms with van der Waals surface area (Å²) in [7, 11) is 0. The van der Waals surface area contributed by atoms with Crippen molar-refractivity contribution >= 4 is 27.3 Å². The van der Waals surface area contributed by atoms with Gasteiger partial charge in [-0.3, -0.25) is 0 Å². The molecule has 0 fully saturated rings. The Morgan fingerprint density at radius 3 is 2.67 bits per heavy atom.